The summed E-state index contributed by atoms with van der Waals surface area (Å²) >= 11 is 0. The molecule has 1 atom stereocenters. The number of carbonyl (C=O) groups excluding carboxylic acids is 2. The highest BCUT2D eigenvalue weighted by atomic mass is 16.2. The van der Waals surface area contributed by atoms with E-state index in [0.29, 0.717) is 13.1 Å². The lowest BCUT2D eigenvalue weighted by Gasteiger charge is -2.29. The molecule has 6 heteroatoms. The van der Waals surface area contributed by atoms with Crippen LogP contribution in [0.3, 0.4) is 0 Å². The van der Waals surface area contributed by atoms with Crippen molar-refractivity contribution in [1.29, 1.82) is 0 Å². The van der Waals surface area contributed by atoms with Gasteiger partial charge in [0, 0.05) is 11.7 Å². The lowest BCUT2D eigenvalue weighted by Crippen LogP contribution is -3.28. The molecule has 1 fully saturated rings. The van der Waals surface area contributed by atoms with Crippen LogP contribution in [0.25, 0.3) is 0 Å². The lowest BCUT2D eigenvalue weighted by molar-refractivity contribution is -1.00. The van der Waals surface area contributed by atoms with E-state index in [-0.39, 0.29) is 17.9 Å². The van der Waals surface area contributed by atoms with Crippen molar-refractivity contribution in [1.82, 2.24) is 5.32 Å². The van der Waals surface area contributed by atoms with E-state index in [0.717, 1.165) is 49.4 Å². The zero-order chi connectivity index (χ0) is 21.2. The molecule has 0 radical (unpaired) electrons. The maximum atomic E-state index is 12.5. The van der Waals surface area contributed by atoms with Gasteiger partial charge in [0.2, 0.25) is 0 Å². The Labute approximate surface area is 176 Å². The summed E-state index contributed by atoms with van der Waals surface area (Å²) in [5, 5.41) is 6.22. The number of unbranched alkanes of at least 4 members (excludes halogenated alkanes) is 2. The van der Waals surface area contributed by atoms with Crippen molar-refractivity contribution in [3.63, 3.8) is 0 Å². The molecule has 4 N–H and O–H groups in total. The monoisotopic (exact) mass is 404 g/mol. The van der Waals surface area contributed by atoms with Crippen molar-refractivity contribution in [3.05, 3.63) is 29.3 Å². The van der Waals surface area contributed by atoms with Gasteiger partial charge >= 0.3 is 0 Å². The molecular weight excluding hydrogens is 364 g/mol. The third-order valence-electron chi connectivity index (χ3n) is 5.88. The minimum Gasteiger partial charge on any atom is -0.349 e. The molecule has 1 saturated heterocycles. The van der Waals surface area contributed by atoms with Gasteiger partial charge in [-0.25, -0.2) is 0 Å². The van der Waals surface area contributed by atoms with Gasteiger partial charge in [-0.05, 0) is 38.3 Å². The minimum absolute atomic E-state index is 0.0690. The molecule has 1 aromatic rings. The molecule has 1 aromatic carbocycles. The molecule has 6 nitrogen and oxygen atoms in total. The van der Waals surface area contributed by atoms with Crippen molar-refractivity contribution < 1.29 is 19.4 Å². The maximum Gasteiger partial charge on any atom is 0.279 e. The summed E-state index contributed by atoms with van der Waals surface area (Å²) in [4.78, 5) is 27.4. The lowest BCUT2D eigenvalue weighted by atomic mass is 10.1. The van der Waals surface area contributed by atoms with Crippen LogP contribution in [-0.4, -0.2) is 57.1 Å². The fourth-order valence-corrected chi connectivity index (χ4v) is 4.06. The van der Waals surface area contributed by atoms with E-state index < -0.39 is 0 Å². The number of amides is 2. The Morgan fingerprint density at radius 2 is 1.52 bits per heavy atom. The summed E-state index contributed by atoms with van der Waals surface area (Å²) in [7, 11) is 0. The number of nitrogens with one attached hydrogen (secondary N) is 4. The number of para-hydroxylation sites is 1. The molecule has 1 aliphatic heterocycles. The number of rotatable bonds is 10. The summed E-state index contributed by atoms with van der Waals surface area (Å²) in [5.74, 6) is 0.222. The van der Waals surface area contributed by atoms with E-state index in [2.05, 4.69) is 24.5 Å². The number of benzene rings is 1. The summed E-state index contributed by atoms with van der Waals surface area (Å²) in [5.41, 5.74) is 3.13. The Morgan fingerprint density at radius 1 is 0.966 bits per heavy atom. The van der Waals surface area contributed by atoms with Crippen LogP contribution < -0.4 is 20.4 Å². The first-order valence-corrected chi connectivity index (χ1v) is 11.2. The predicted molar refractivity (Wildman–Crippen MR) is 117 cm³/mol. The third-order valence-corrected chi connectivity index (χ3v) is 5.88. The van der Waals surface area contributed by atoms with E-state index in [9.17, 15) is 9.59 Å². The van der Waals surface area contributed by atoms with Crippen LogP contribution >= 0.6 is 0 Å². The number of carbonyl (C=O) groups is 2. The van der Waals surface area contributed by atoms with Gasteiger partial charge in [0.15, 0.2) is 13.1 Å². The Morgan fingerprint density at radius 3 is 2.07 bits per heavy atom. The van der Waals surface area contributed by atoms with Gasteiger partial charge in [0.25, 0.3) is 11.8 Å². The zero-order valence-electron chi connectivity index (χ0n) is 18.7. The van der Waals surface area contributed by atoms with Crippen LogP contribution in [0.2, 0.25) is 0 Å². The number of hydrogen-bond donors (Lipinski definition) is 4. The van der Waals surface area contributed by atoms with Gasteiger partial charge in [-0.3, -0.25) is 9.59 Å². The van der Waals surface area contributed by atoms with Gasteiger partial charge in [0.05, 0.1) is 0 Å². The van der Waals surface area contributed by atoms with Crippen LogP contribution in [0.1, 0.15) is 50.7 Å². The summed E-state index contributed by atoms with van der Waals surface area (Å²) in [6, 6.07) is 6.31. The SMILES string of the molecule is CCCCC[C@H](C)NC(=O)C[NH+]1CC[NH+](CC(=O)Nc2c(C)cccc2C)CC1. The summed E-state index contributed by atoms with van der Waals surface area (Å²) in [6.07, 6.45) is 4.67. The van der Waals surface area contributed by atoms with Crippen molar-refractivity contribution in [2.45, 2.75) is 59.4 Å². The highest BCUT2D eigenvalue weighted by Gasteiger charge is 2.26. The number of piperazine rings is 1. The van der Waals surface area contributed by atoms with E-state index in [1.807, 2.05) is 32.0 Å². The van der Waals surface area contributed by atoms with Crippen molar-refractivity contribution in [3.8, 4) is 0 Å². The molecular formula is C23H40N4O2+2. The number of quaternary nitrogens is 2. The highest BCUT2D eigenvalue weighted by molar-refractivity contribution is 5.93. The quantitative estimate of drug-likeness (QED) is 0.418. The Balaban J connectivity index is 1.68. The Hall–Kier alpha value is -1.92. The molecule has 2 rings (SSSR count). The molecule has 0 spiro atoms. The smallest absolute Gasteiger partial charge is 0.279 e. The fourth-order valence-electron chi connectivity index (χ4n) is 4.06. The molecule has 0 unspecified atom stereocenters. The second-order valence-electron chi connectivity index (χ2n) is 8.63. The van der Waals surface area contributed by atoms with Gasteiger partial charge in [-0.15, -0.1) is 0 Å². The third kappa shape index (κ3) is 8.15. The fraction of sp³-hybridized carbons (Fsp3) is 0.652. The van der Waals surface area contributed by atoms with Crippen molar-refractivity contribution in [2.75, 3.05) is 44.6 Å². The molecule has 0 bridgehead atoms. The highest BCUT2D eigenvalue weighted by Crippen LogP contribution is 2.18. The molecule has 0 saturated carbocycles. The largest absolute Gasteiger partial charge is 0.349 e. The van der Waals surface area contributed by atoms with E-state index >= 15 is 0 Å². The zero-order valence-corrected chi connectivity index (χ0v) is 18.7. The summed E-state index contributed by atoms with van der Waals surface area (Å²) in [6.45, 7) is 13.1. The normalized spacial score (nSPS) is 20.1. The molecule has 2 amide bonds. The predicted octanol–water partition coefficient (Wildman–Crippen LogP) is 0.110. The topological polar surface area (TPSA) is 67.1 Å². The van der Waals surface area contributed by atoms with Crippen molar-refractivity contribution >= 4 is 17.5 Å². The first-order chi connectivity index (χ1) is 13.9. The maximum absolute atomic E-state index is 12.5. The minimum atomic E-state index is 0.0690. The molecule has 29 heavy (non-hydrogen) atoms. The Kier molecular flexibility index (Phi) is 9.61. The van der Waals surface area contributed by atoms with Crippen LogP contribution in [0.15, 0.2) is 18.2 Å². The van der Waals surface area contributed by atoms with E-state index in [4.69, 9.17) is 0 Å². The first kappa shape index (κ1) is 23.4. The van der Waals surface area contributed by atoms with E-state index in [1.54, 1.807) is 0 Å². The second-order valence-corrected chi connectivity index (χ2v) is 8.63. The van der Waals surface area contributed by atoms with Gasteiger partial charge in [-0.2, -0.15) is 0 Å². The van der Waals surface area contributed by atoms with Gasteiger partial charge in [-0.1, -0.05) is 44.4 Å². The molecule has 1 heterocycles. The molecule has 0 aliphatic carbocycles. The Bertz CT molecular complexity index is 649. The average molecular weight is 405 g/mol. The average Bonchev–Trinajstić information content (AvgIpc) is 2.66. The standard InChI is InChI=1S/C23H38N4O2/c1-5-6-7-11-20(4)24-21(28)16-26-12-14-27(15-13-26)17-22(29)25-23-18(2)9-8-10-19(23)3/h8-10,20H,5-7,11-17H2,1-4H3,(H,24,28)(H,25,29)/p+2/t20-/m0/s1. The number of anilines is 1. The van der Waals surface area contributed by atoms with Crippen LogP contribution in [-0.2, 0) is 9.59 Å². The second kappa shape index (κ2) is 11.9. The molecule has 162 valence electrons. The number of aryl methyl sites for hydroxylation is 2. The van der Waals surface area contributed by atoms with Crippen LogP contribution in [0.5, 0.6) is 0 Å². The number of hydrogen-bond acceptors (Lipinski definition) is 2. The van der Waals surface area contributed by atoms with Crippen molar-refractivity contribution in [2.24, 2.45) is 0 Å². The first-order valence-electron chi connectivity index (χ1n) is 11.2. The molecule has 1 aliphatic rings. The van der Waals surface area contributed by atoms with E-state index in [1.165, 1.54) is 29.1 Å². The molecule has 0 aromatic heterocycles. The van der Waals surface area contributed by atoms with Gasteiger partial charge in [0.1, 0.15) is 26.2 Å². The summed E-state index contributed by atoms with van der Waals surface area (Å²) < 4.78 is 0. The van der Waals surface area contributed by atoms with Crippen LogP contribution in [0, 0.1) is 13.8 Å². The van der Waals surface area contributed by atoms with Crippen LogP contribution in [0.4, 0.5) is 5.69 Å². The van der Waals surface area contributed by atoms with Gasteiger partial charge < -0.3 is 20.4 Å².